The third-order valence-electron chi connectivity index (χ3n) is 5.81. The third kappa shape index (κ3) is 4.39. The van der Waals surface area contributed by atoms with Crippen LogP contribution in [0.3, 0.4) is 0 Å². The molecular weight excluding hydrogens is 342 g/mol. The smallest absolute Gasteiger partial charge is 0.251 e. The van der Waals surface area contributed by atoms with Crippen LogP contribution in [0.1, 0.15) is 47.5 Å². The van der Waals surface area contributed by atoms with Gasteiger partial charge in [0.05, 0.1) is 12.1 Å². The standard InChI is InChI=1S/C21H27N3O3/c25-20-13-15(14-24-9-1-8-22-24)12-19(20)23-21(26)18-4-2-16(3-5-18)17-6-10-27-11-7-17/h1-5,8-9,15,17,19-20,25H,6-7,10-14H2,(H,23,26)/t15?,19-,20-/m1/s1. The van der Waals surface area contributed by atoms with Gasteiger partial charge in [0, 0.05) is 37.7 Å². The van der Waals surface area contributed by atoms with Crippen molar-refractivity contribution in [2.24, 2.45) is 5.92 Å². The summed E-state index contributed by atoms with van der Waals surface area (Å²) in [6, 6.07) is 9.58. The molecule has 0 bridgehead atoms. The number of aliphatic hydroxyl groups excluding tert-OH is 1. The van der Waals surface area contributed by atoms with Crippen molar-refractivity contribution in [2.45, 2.75) is 50.3 Å². The minimum absolute atomic E-state index is 0.114. The molecule has 6 heteroatoms. The van der Waals surface area contributed by atoms with Crippen LogP contribution in [0.25, 0.3) is 0 Å². The second-order valence-electron chi connectivity index (χ2n) is 7.72. The number of nitrogens with zero attached hydrogens (tertiary/aromatic N) is 2. The molecule has 1 aromatic carbocycles. The van der Waals surface area contributed by atoms with Crippen LogP contribution < -0.4 is 5.32 Å². The number of benzene rings is 1. The van der Waals surface area contributed by atoms with Gasteiger partial charge < -0.3 is 15.2 Å². The van der Waals surface area contributed by atoms with Crippen molar-refractivity contribution in [3.8, 4) is 0 Å². The van der Waals surface area contributed by atoms with Gasteiger partial charge in [0.2, 0.25) is 0 Å². The molecule has 3 atom stereocenters. The van der Waals surface area contributed by atoms with E-state index in [1.165, 1.54) is 5.56 Å². The van der Waals surface area contributed by atoms with Gasteiger partial charge in [-0.3, -0.25) is 9.48 Å². The highest BCUT2D eigenvalue weighted by Gasteiger charge is 2.34. The van der Waals surface area contributed by atoms with Crippen LogP contribution in [0.2, 0.25) is 0 Å². The van der Waals surface area contributed by atoms with E-state index in [2.05, 4.69) is 22.5 Å². The van der Waals surface area contributed by atoms with E-state index in [-0.39, 0.29) is 11.9 Å². The molecule has 1 saturated carbocycles. The first-order chi connectivity index (χ1) is 13.2. The average molecular weight is 369 g/mol. The number of nitrogens with one attached hydrogen (secondary N) is 1. The van der Waals surface area contributed by atoms with Crippen LogP contribution >= 0.6 is 0 Å². The van der Waals surface area contributed by atoms with E-state index in [0.717, 1.165) is 39.0 Å². The lowest BCUT2D eigenvalue weighted by atomic mass is 9.91. The number of amides is 1. The van der Waals surface area contributed by atoms with E-state index in [4.69, 9.17) is 4.74 Å². The van der Waals surface area contributed by atoms with Gasteiger partial charge in [-0.15, -0.1) is 0 Å². The van der Waals surface area contributed by atoms with Crippen LogP contribution in [-0.2, 0) is 11.3 Å². The Bertz CT molecular complexity index is 739. The van der Waals surface area contributed by atoms with Crippen LogP contribution in [0.15, 0.2) is 42.7 Å². The summed E-state index contributed by atoms with van der Waals surface area (Å²) >= 11 is 0. The van der Waals surface area contributed by atoms with Crippen molar-refractivity contribution in [2.75, 3.05) is 13.2 Å². The zero-order chi connectivity index (χ0) is 18.6. The Morgan fingerprint density at radius 1 is 1.22 bits per heavy atom. The number of hydrogen-bond donors (Lipinski definition) is 2. The van der Waals surface area contributed by atoms with E-state index >= 15 is 0 Å². The minimum Gasteiger partial charge on any atom is -0.391 e. The Morgan fingerprint density at radius 3 is 2.70 bits per heavy atom. The molecule has 2 aromatic rings. The molecule has 1 saturated heterocycles. The highest BCUT2D eigenvalue weighted by atomic mass is 16.5. The second kappa shape index (κ2) is 8.23. The van der Waals surface area contributed by atoms with Crippen molar-refractivity contribution in [3.05, 3.63) is 53.9 Å². The number of rotatable bonds is 5. The van der Waals surface area contributed by atoms with E-state index in [0.29, 0.717) is 23.8 Å². The number of hydrogen-bond acceptors (Lipinski definition) is 4. The highest BCUT2D eigenvalue weighted by Crippen LogP contribution is 2.29. The van der Waals surface area contributed by atoms with Crippen LogP contribution in [-0.4, -0.2) is 46.2 Å². The zero-order valence-corrected chi connectivity index (χ0v) is 15.5. The molecule has 2 N–H and O–H groups in total. The van der Waals surface area contributed by atoms with Crippen molar-refractivity contribution >= 4 is 5.91 Å². The van der Waals surface area contributed by atoms with Gasteiger partial charge in [-0.05, 0) is 61.3 Å². The molecule has 2 fully saturated rings. The fraction of sp³-hybridized carbons (Fsp3) is 0.524. The van der Waals surface area contributed by atoms with Gasteiger partial charge in [0.1, 0.15) is 0 Å². The molecule has 27 heavy (non-hydrogen) atoms. The lowest BCUT2D eigenvalue weighted by molar-refractivity contribution is 0.0851. The maximum atomic E-state index is 12.6. The molecule has 4 rings (SSSR count). The Kier molecular flexibility index (Phi) is 5.55. The SMILES string of the molecule is O=C(N[C@@H]1CC(Cn2cccn2)C[C@H]1O)c1ccc(C2CCOCC2)cc1. The van der Waals surface area contributed by atoms with Gasteiger partial charge in [0.15, 0.2) is 0 Å². The van der Waals surface area contributed by atoms with E-state index in [1.807, 2.05) is 29.1 Å². The third-order valence-corrected chi connectivity index (χ3v) is 5.81. The number of carbonyl (C=O) groups excluding carboxylic acids is 1. The van der Waals surface area contributed by atoms with Gasteiger partial charge in [-0.1, -0.05) is 12.1 Å². The largest absolute Gasteiger partial charge is 0.391 e. The highest BCUT2D eigenvalue weighted by molar-refractivity contribution is 5.94. The van der Waals surface area contributed by atoms with Crippen LogP contribution in [0.4, 0.5) is 0 Å². The Morgan fingerprint density at radius 2 is 2.00 bits per heavy atom. The van der Waals surface area contributed by atoms with Gasteiger partial charge in [-0.25, -0.2) is 0 Å². The average Bonchev–Trinajstić information content (AvgIpc) is 3.33. The van der Waals surface area contributed by atoms with Crippen molar-refractivity contribution < 1.29 is 14.6 Å². The summed E-state index contributed by atoms with van der Waals surface area (Å²) in [7, 11) is 0. The number of carbonyl (C=O) groups is 1. The molecule has 2 heterocycles. The topological polar surface area (TPSA) is 76.4 Å². The predicted octanol–water partition coefficient (Wildman–Crippen LogP) is 2.35. The van der Waals surface area contributed by atoms with Gasteiger partial charge in [-0.2, -0.15) is 5.10 Å². The molecular formula is C21H27N3O3. The summed E-state index contributed by atoms with van der Waals surface area (Å²) in [5.74, 6) is 0.731. The first-order valence-electron chi connectivity index (χ1n) is 9.83. The molecule has 0 radical (unpaired) electrons. The van der Waals surface area contributed by atoms with Crippen LogP contribution in [0, 0.1) is 5.92 Å². The summed E-state index contributed by atoms with van der Waals surface area (Å²) in [5, 5.41) is 17.6. The summed E-state index contributed by atoms with van der Waals surface area (Å²) in [6.07, 6.45) is 6.72. The summed E-state index contributed by atoms with van der Waals surface area (Å²) in [4.78, 5) is 12.6. The predicted molar refractivity (Wildman–Crippen MR) is 101 cm³/mol. The quantitative estimate of drug-likeness (QED) is 0.848. The Hall–Kier alpha value is -2.18. The molecule has 1 unspecified atom stereocenters. The summed E-state index contributed by atoms with van der Waals surface area (Å²) in [5.41, 5.74) is 1.92. The fourth-order valence-corrected chi connectivity index (χ4v) is 4.28. The number of aromatic nitrogens is 2. The van der Waals surface area contributed by atoms with Crippen molar-refractivity contribution in [1.82, 2.24) is 15.1 Å². The number of ether oxygens (including phenoxy) is 1. The Balaban J connectivity index is 1.33. The fourth-order valence-electron chi connectivity index (χ4n) is 4.28. The molecule has 1 aliphatic heterocycles. The monoisotopic (exact) mass is 369 g/mol. The first-order valence-corrected chi connectivity index (χ1v) is 9.83. The molecule has 1 aromatic heterocycles. The first kappa shape index (κ1) is 18.2. The minimum atomic E-state index is -0.504. The van der Waals surface area contributed by atoms with Gasteiger partial charge >= 0.3 is 0 Å². The van der Waals surface area contributed by atoms with Crippen molar-refractivity contribution in [1.29, 1.82) is 0 Å². The number of aliphatic hydroxyl groups is 1. The lowest BCUT2D eigenvalue weighted by Gasteiger charge is -2.22. The van der Waals surface area contributed by atoms with Crippen LogP contribution in [0.5, 0.6) is 0 Å². The Labute approximate surface area is 159 Å². The van der Waals surface area contributed by atoms with Crippen molar-refractivity contribution in [3.63, 3.8) is 0 Å². The molecule has 0 spiro atoms. The second-order valence-corrected chi connectivity index (χ2v) is 7.72. The zero-order valence-electron chi connectivity index (χ0n) is 15.5. The maximum absolute atomic E-state index is 12.6. The maximum Gasteiger partial charge on any atom is 0.251 e. The summed E-state index contributed by atoms with van der Waals surface area (Å²) in [6.45, 7) is 2.40. The molecule has 6 nitrogen and oxygen atoms in total. The lowest BCUT2D eigenvalue weighted by Crippen LogP contribution is -2.39. The van der Waals surface area contributed by atoms with E-state index < -0.39 is 6.10 Å². The molecule has 1 aliphatic carbocycles. The summed E-state index contributed by atoms with van der Waals surface area (Å²) < 4.78 is 7.30. The molecule has 2 aliphatic rings. The molecule has 144 valence electrons. The van der Waals surface area contributed by atoms with E-state index in [9.17, 15) is 9.90 Å². The van der Waals surface area contributed by atoms with E-state index in [1.54, 1.807) is 6.20 Å². The molecule has 1 amide bonds. The normalized spacial score (nSPS) is 26.2. The van der Waals surface area contributed by atoms with Gasteiger partial charge in [0.25, 0.3) is 5.91 Å².